The molecule has 2 aromatic carbocycles. The van der Waals surface area contributed by atoms with Gasteiger partial charge in [-0.2, -0.15) is 0 Å². The first kappa shape index (κ1) is 22.8. The quantitative estimate of drug-likeness (QED) is 0.579. The molecule has 2 atom stereocenters. The Morgan fingerprint density at radius 2 is 1.82 bits per heavy atom. The smallest absolute Gasteiger partial charge is 0.290 e. The molecule has 8 nitrogen and oxygen atoms in total. The van der Waals surface area contributed by atoms with Crippen molar-refractivity contribution in [3.63, 3.8) is 0 Å². The molecule has 0 fully saturated rings. The molecule has 0 aliphatic carbocycles. The monoisotopic (exact) mass is 467 g/mol. The fourth-order valence-corrected chi connectivity index (χ4v) is 4.76. The van der Waals surface area contributed by atoms with Crippen molar-refractivity contribution in [3.05, 3.63) is 89.4 Å². The highest BCUT2D eigenvalue weighted by Crippen LogP contribution is 2.26. The highest BCUT2D eigenvalue weighted by molar-refractivity contribution is 7.89. The number of carbonyl (C=O) groups is 2. The van der Waals surface area contributed by atoms with Gasteiger partial charge in [0.15, 0.2) is 5.76 Å². The van der Waals surface area contributed by atoms with Crippen molar-refractivity contribution < 1.29 is 22.4 Å². The Balaban J connectivity index is 1.59. The molecule has 0 spiro atoms. The second kappa shape index (κ2) is 9.21. The van der Waals surface area contributed by atoms with Gasteiger partial charge in [-0.3, -0.25) is 9.59 Å². The minimum absolute atomic E-state index is 0.116. The van der Waals surface area contributed by atoms with Gasteiger partial charge in [-0.15, -0.1) is 0 Å². The van der Waals surface area contributed by atoms with Crippen molar-refractivity contribution in [1.29, 1.82) is 0 Å². The standard InChI is InChI=1S/C24H25N3O5S/c1-16(17-9-5-10-20(13-17)33(30,31)25-2)26-23(28)21-14-18-7-3-4-8-19(18)15-27(21)24(29)22-11-6-12-32-22/h3-13,16,21,25H,14-15H2,1-2H3,(H,26,28). The van der Waals surface area contributed by atoms with Crippen molar-refractivity contribution in [2.75, 3.05) is 7.05 Å². The molecule has 2 heterocycles. The summed E-state index contributed by atoms with van der Waals surface area (Å²) in [7, 11) is -2.26. The van der Waals surface area contributed by atoms with Crippen LogP contribution in [-0.2, 0) is 27.8 Å². The number of hydrogen-bond acceptors (Lipinski definition) is 5. The summed E-state index contributed by atoms with van der Waals surface area (Å²) in [6.07, 6.45) is 1.80. The van der Waals surface area contributed by atoms with Crippen LogP contribution >= 0.6 is 0 Å². The Hall–Kier alpha value is -3.43. The SMILES string of the molecule is CNS(=O)(=O)c1cccc(C(C)NC(=O)C2Cc3ccccc3CN2C(=O)c2ccco2)c1. The van der Waals surface area contributed by atoms with Gasteiger partial charge in [0, 0.05) is 13.0 Å². The molecule has 2 N–H and O–H groups in total. The van der Waals surface area contributed by atoms with Crippen molar-refractivity contribution in [2.45, 2.75) is 36.9 Å². The Morgan fingerprint density at radius 3 is 2.52 bits per heavy atom. The second-order valence-corrected chi connectivity index (χ2v) is 9.80. The Kier molecular flexibility index (Phi) is 6.35. The Bertz CT molecular complexity index is 1270. The average Bonchev–Trinajstić information content (AvgIpc) is 3.38. The molecular weight excluding hydrogens is 442 g/mol. The van der Waals surface area contributed by atoms with Crippen molar-refractivity contribution in [2.24, 2.45) is 0 Å². The lowest BCUT2D eigenvalue weighted by Crippen LogP contribution is -2.52. The molecule has 172 valence electrons. The lowest BCUT2D eigenvalue weighted by molar-refractivity contribution is -0.126. The maximum absolute atomic E-state index is 13.3. The topological polar surface area (TPSA) is 109 Å². The molecule has 1 aromatic heterocycles. The maximum Gasteiger partial charge on any atom is 0.290 e. The molecule has 0 saturated carbocycles. The van der Waals surface area contributed by atoms with Crippen LogP contribution in [0.1, 0.15) is 40.2 Å². The summed E-state index contributed by atoms with van der Waals surface area (Å²) in [5.74, 6) is -0.506. The van der Waals surface area contributed by atoms with E-state index in [1.54, 1.807) is 31.2 Å². The summed E-state index contributed by atoms with van der Waals surface area (Å²) < 4.78 is 31.9. The highest BCUT2D eigenvalue weighted by Gasteiger charge is 2.36. The van der Waals surface area contributed by atoms with Crippen LogP contribution in [0.25, 0.3) is 0 Å². The molecular formula is C24H25N3O5S. The van der Waals surface area contributed by atoms with Crippen LogP contribution in [-0.4, -0.2) is 38.2 Å². The second-order valence-electron chi connectivity index (χ2n) is 7.91. The predicted octanol–water partition coefficient (Wildman–Crippen LogP) is 2.63. The van der Waals surface area contributed by atoms with E-state index in [2.05, 4.69) is 10.0 Å². The fraction of sp³-hybridized carbons (Fsp3) is 0.250. The number of hydrogen-bond donors (Lipinski definition) is 2. The molecule has 0 bridgehead atoms. The maximum atomic E-state index is 13.3. The van der Waals surface area contributed by atoms with Crippen LogP contribution in [0.2, 0.25) is 0 Å². The zero-order valence-electron chi connectivity index (χ0n) is 18.3. The van der Waals surface area contributed by atoms with Crippen molar-refractivity contribution in [3.8, 4) is 0 Å². The van der Waals surface area contributed by atoms with Crippen LogP contribution in [0.3, 0.4) is 0 Å². The number of amides is 2. The van der Waals surface area contributed by atoms with Gasteiger partial charge < -0.3 is 14.6 Å². The average molecular weight is 468 g/mol. The highest BCUT2D eigenvalue weighted by atomic mass is 32.2. The van der Waals surface area contributed by atoms with E-state index < -0.39 is 22.1 Å². The molecule has 33 heavy (non-hydrogen) atoms. The third-order valence-corrected chi connectivity index (χ3v) is 7.25. The summed E-state index contributed by atoms with van der Waals surface area (Å²) in [5, 5.41) is 2.94. The van der Waals surface area contributed by atoms with Gasteiger partial charge in [0.25, 0.3) is 5.91 Å². The molecule has 0 saturated heterocycles. The van der Waals surface area contributed by atoms with Crippen molar-refractivity contribution in [1.82, 2.24) is 14.9 Å². The van der Waals surface area contributed by atoms with E-state index in [1.807, 2.05) is 24.3 Å². The number of sulfonamides is 1. The predicted molar refractivity (Wildman–Crippen MR) is 122 cm³/mol. The van der Waals surface area contributed by atoms with Gasteiger partial charge in [-0.25, -0.2) is 13.1 Å². The first-order valence-electron chi connectivity index (χ1n) is 10.6. The molecule has 2 amide bonds. The lowest BCUT2D eigenvalue weighted by Gasteiger charge is -2.36. The molecule has 3 aromatic rings. The molecule has 1 aliphatic rings. The lowest BCUT2D eigenvalue weighted by atomic mass is 9.93. The van der Waals surface area contributed by atoms with Crippen LogP contribution < -0.4 is 10.0 Å². The summed E-state index contributed by atoms with van der Waals surface area (Å²) in [6, 6.07) is 16.1. The van der Waals surface area contributed by atoms with Gasteiger partial charge in [0.2, 0.25) is 15.9 Å². The molecule has 0 radical (unpaired) electrons. The van der Waals surface area contributed by atoms with Gasteiger partial charge in [-0.05, 0) is 54.9 Å². The number of benzene rings is 2. The third kappa shape index (κ3) is 4.69. The number of rotatable bonds is 6. The number of carbonyl (C=O) groups excluding carboxylic acids is 2. The van der Waals surface area contributed by atoms with Gasteiger partial charge in [-0.1, -0.05) is 36.4 Å². The van der Waals surface area contributed by atoms with Crippen LogP contribution in [0.4, 0.5) is 0 Å². The minimum Gasteiger partial charge on any atom is -0.459 e. The number of furan rings is 1. The summed E-state index contributed by atoms with van der Waals surface area (Å²) >= 11 is 0. The summed E-state index contributed by atoms with van der Waals surface area (Å²) in [4.78, 5) is 28.1. The van der Waals surface area contributed by atoms with E-state index in [1.165, 1.54) is 30.3 Å². The largest absolute Gasteiger partial charge is 0.459 e. The van der Waals surface area contributed by atoms with Crippen LogP contribution in [0, 0.1) is 0 Å². The minimum atomic E-state index is -3.61. The third-order valence-electron chi connectivity index (χ3n) is 5.84. The molecule has 4 rings (SSSR count). The first-order valence-corrected chi connectivity index (χ1v) is 12.0. The molecule has 9 heteroatoms. The molecule has 2 unspecified atom stereocenters. The van der Waals surface area contributed by atoms with Crippen molar-refractivity contribution >= 4 is 21.8 Å². The molecule has 1 aliphatic heterocycles. The van der Waals surface area contributed by atoms with E-state index in [9.17, 15) is 18.0 Å². The van der Waals surface area contributed by atoms with Crippen LogP contribution in [0.5, 0.6) is 0 Å². The van der Waals surface area contributed by atoms with E-state index in [0.29, 0.717) is 12.0 Å². The Labute approximate surface area is 192 Å². The van der Waals surface area contributed by atoms with Gasteiger partial charge >= 0.3 is 0 Å². The zero-order chi connectivity index (χ0) is 23.6. The van der Waals surface area contributed by atoms with Gasteiger partial charge in [0.05, 0.1) is 17.2 Å². The first-order chi connectivity index (χ1) is 15.8. The number of fused-ring (bicyclic) bond motifs is 1. The van der Waals surface area contributed by atoms with E-state index >= 15 is 0 Å². The number of nitrogens with one attached hydrogen (secondary N) is 2. The Morgan fingerprint density at radius 1 is 1.06 bits per heavy atom. The zero-order valence-corrected chi connectivity index (χ0v) is 19.1. The summed E-state index contributed by atoms with van der Waals surface area (Å²) in [6.45, 7) is 2.07. The van der Waals surface area contributed by atoms with E-state index in [0.717, 1.165) is 11.1 Å². The van der Waals surface area contributed by atoms with Gasteiger partial charge in [0.1, 0.15) is 6.04 Å². The van der Waals surface area contributed by atoms with E-state index in [-0.39, 0.29) is 29.0 Å². The normalized spacial score (nSPS) is 16.7. The van der Waals surface area contributed by atoms with Crippen LogP contribution in [0.15, 0.2) is 76.2 Å². The summed E-state index contributed by atoms with van der Waals surface area (Å²) in [5.41, 5.74) is 2.63. The number of nitrogens with zero attached hydrogens (tertiary/aromatic N) is 1. The van der Waals surface area contributed by atoms with E-state index in [4.69, 9.17) is 4.42 Å². The fourth-order valence-electron chi connectivity index (χ4n) is 3.97.